The lowest BCUT2D eigenvalue weighted by molar-refractivity contribution is -0.155. The first-order valence-electron chi connectivity index (χ1n) is 12.2. The average Bonchev–Trinajstić information content (AvgIpc) is 3.13. The lowest BCUT2D eigenvalue weighted by atomic mass is 9.88. The highest BCUT2D eigenvalue weighted by Gasteiger charge is 2.44. The van der Waals surface area contributed by atoms with E-state index in [9.17, 15) is 22.0 Å². The summed E-state index contributed by atoms with van der Waals surface area (Å²) in [6, 6.07) is 3.98. The maximum atomic E-state index is 15.5. The zero-order valence-corrected chi connectivity index (χ0v) is 20.1. The Balaban J connectivity index is 1.51. The standard InChI is InChI=1S/C26H27F7N4/c1-14-7-19-18-8-15(28)3-4-22(18)35-24(19)25(37(14)13-26(31,32)33)23-20(29)9-16(10-21(23)30)34-17-11-36(12-17)6-2-5-27/h3-4,8-10,14,17,25,34-35H,2,5-7,11-13H2,1H3/t14-,25-/m0/s1. The SMILES string of the molecule is C[C@H]1Cc2c([nH]c3ccc(F)cc23)[C@H](c2c(F)cc(NC3CN(CCCF)C3)cc2F)N1CC(F)(F)F. The van der Waals surface area contributed by atoms with Gasteiger partial charge in [-0.15, -0.1) is 0 Å². The van der Waals surface area contributed by atoms with Gasteiger partial charge >= 0.3 is 6.18 Å². The van der Waals surface area contributed by atoms with E-state index in [1.165, 1.54) is 18.2 Å². The van der Waals surface area contributed by atoms with Crippen molar-refractivity contribution in [3.63, 3.8) is 0 Å². The van der Waals surface area contributed by atoms with Gasteiger partial charge in [-0.25, -0.2) is 13.2 Å². The first-order chi connectivity index (χ1) is 17.5. The van der Waals surface area contributed by atoms with Crippen molar-refractivity contribution in [1.29, 1.82) is 0 Å². The number of nitrogens with one attached hydrogen (secondary N) is 2. The fourth-order valence-corrected chi connectivity index (χ4v) is 5.58. The van der Waals surface area contributed by atoms with Gasteiger partial charge in [-0.05, 0) is 55.7 Å². The van der Waals surface area contributed by atoms with Crippen molar-refractivity contribution in [2.24, 2.45) is 0 Å². The molecular weight excluding hydrogens is 501 g/mol. The van der Waals surface area contributed by atoms with Crippen LogP contribution in [-0.2, 0) is 6.42 Å². The lowest BCUT2D eigenvalue weighted by Crippen LogP contribution is -2.54. The van der Waals surface area contributed by atoms with E-state index >= 15 is 8.78 Å². The number of likely N-dealkylation sites (tertiary alicyclic amines) is 1. The summed E-state index contributed by atoms with van der Waals surface area (Å²) in [6.07, 6.45) is -4.02. The summed E-state index contributed by atoms with van der Waals surface area (Å²) in [5, 5.41) is 3.53. The number of anilines is 1. The number of fused-ring (bicyclic) bond motifs is 3. The third-order valence-corrected chi connectivity index (χ3v) is 7.22. The molecule has 0 amide bonds. The molecular formula is C26H27F7N4. The Bertz CT molecular complexity index is 1260. The summed E-state index contributed by atoms with van der Waals surface area (Å²) in [4.78, 5) is 6.06. The van der Waals surface area contributed by atoms with E-state index in [4.69, 9.17) is 0 Å². The van der Waals surface area contributed by atoms with Gasteiger partial charge in [0.2, 0.25) is 0 Å². The summed E-state index contributed by atoms with van der Waals surface area (Å²) in [7, 11) is 0. The van der Waals surface area contributed by atoms with E-state index in [-0.39, 0.29) is 23.8 Å². The molecule has 1 fully saturated rings. The van der Waals surface area contributed by atoms with Gasteiger partial charge in [0.15, 0.2) is 0 Å². The van der Waals surface area contributed by atoms with Gasteiger partial charge in [0.25, 0.3) is 0 Å². The molecule has 0 saturated carbocycles. The molecule has 0 radical (unpaired) electrons. The number of benzene rings is 2. The predicted molar refractivity (Wildman–Crippen MR) is 127 cm³/mol. The first kappa shape index (κ1) is 25.8. The Hall–Kier alpha value is -2.79. The first-order valence-corrected chi connectivity index (χ1v) is 12.2. The summed E-state index contributed by atoms with van der Waals surface area (Å²) in [5.74, 6) is -2.46. The minimum atomic E-state index is -4.60. The number of hydrogen-bond donors (Lipinski definition) is 2. The highest BCUT2D eigenvalue weighted by Crippen LogP contribution is 2.44. The smallest absolute Gasteiger partial charge is 0.380 e. The van der Waals surface area contributed by atoms with Crippen molar-refractivity contribution < 1.29 is 30.7 Å². The number of rotatable bonds is 7. The highest BCUT2D eigenvalue weighted by atomic mass is 19.4. The molecule has 0 unspecified atom stereocenters. The lowest BCUT2D eigenvalue weighted by Gasteiger charge is -2.41. The van der Waals surface area contributed by atoms with E-state index in [1.807, 2.05) is 4.90 Å². The van der Waals surface area contributed by atoms with Gasteiger partial charge in [-0.3, -0.25) is 14.2 Å². The van der Waals surface area contributed by atoms with Crippen molar-refractivity contribution in [1.82, 2.24) is 14.8 Å². The van der Waals surface area contributed by atoms with Crippen LogP contribution in [0.3, 0.4) is 0 Å². The zero-order chi connectivity index (χ0) is 26.5. The maximum absolute atomic E-state index is 15.5. The largest absolute Gasteiger partial charge is 0.401 e. The van der Waals surface area contributed by atoms with Gasteiger partial charge < -0.3 is 10.3 Å². The Morgan fingerprint density at radius 3 is 2.41 bits per heavy atom. The van der Waals surface area contributed by atoms with Crippen molar-refractivity contribution in [2.75, 3.05) is 38.2 Å². The Labute approximate surface area is 209 Å². The minimum absolute atomic E-state index is 0.0732. The predicted octanol–water partition coefficient (Wildman–Crippen LogP) is 5.94. The molecule has 3 heterocycles. The molecule has 2 aliphatic rings. The van der Waals surface area contributed by atoms with Crippen LogP contribution in [-0.4, -0.2) is 65.9 Å². The Morgan fingerprint density at radius 2 is 1.76 bits per heavy atom. The number of H-pyrrole nitrogens is 1. The molecule has 0 bridgehead atoms. The fraction of sp³-hybridized carbons (Fsp3) is 0.462. The van der Waals surface area contributed by atoms with Crippen LogP contribution in [0.5, 0.6) is 0 Å². The third kappa shape index (κ3) is 5.16. The molecule has 2 aliphatic heterocycles. The fourth-order valence-electron chi connectivity index (χ4n) is 5.58. The van der Waals surface area contributed by atoms with Gasteiger partial charge in [-0.1, -0.05) is 0 Å². The Kier molecular flexibility index (Phi) is 6.86. The van der Waals surface area contributed by atoms with E-state index in [0.717, 1.165) is 17.0 Å². The molecule has 2 atom stereocenters. The molecule has 37 heavy (non-hydrogen) atoms. The van der Waals surface area contributed by atoms with Crippen LogP contribution in [0.4, 0.5) is 36.4 Å². The molecule has 1 aromatic heterocycles. The number of nitrogens with zero attached hydrogens (tertiary/aromatic N) is 2. The molecule has 5 rings (SSSR count). The summed E-state index contributed by atoms with van der Waals surface area (Å²) in [6.45, 7) is 1.58. The quantitative estimate of drug-likeness (QED) is 0.373. The average molecular weight is 529 g/mol. The van der Waals surface area contributed by atoms with E-state index < -0.39 is 54.5 Å². The number of alkyl halides is 4. The van der Waals surface area contributed by atoms with Crippen LogP contribution >= 0.6 is 0 Å². The molecule has 0 spiro atoms. The second-order valence-corrected chi connectivity index (χ2v) is 9.95. The summed E-state index contributed by atoms with van der Waals surface area (Å²) < 4.78 is 98.1. The molecule has 2 N–H and O–H groups in total. The van der Waals surface area contributed by atoms with Crippen molar-refractivity contribution >= 4 is 16.6 Å². The molecule has 200 valence electrons. The second kappa shape index (κ2) is 9.83. The van der Waals surface area contributed by atoms with Gasteiger partial charge in [0, 0.05) is 53.5 Å². The van der Waals surface area contributed by atoms with Crippen LogP contribution in [0.15, 0.2) is 30.3 Å². The molecule has 3 aromatic rings. The van der Waals surface area contributed by atoms with Crippen LogP contribution in [0.1, 0.15) is 36.2 Å². The van der Waals surface area contributed by atoms with E-state index in [1.54, 1.807) is 6.92 Å². The Morgan fingerprint density at radius 1 is 1.05 bits per heavy atom. The second-order valence-electron chi connectivity index (χ2n) is 9.95. The maximum Gasteiger partial charge on any atom is 0.401 e. The normalized spacial score (nSPS) is 21.3. The van der Waals surface area contributed by atoms with Crippen LogP contribution in [0.25, 0.3) is 10.9 Å². The molecule has 11 heteroatoms. The van der Waals surface area contributed by atoms with Crippen LogP contribution in [0.2, 0.25) is 0 Å². The third-order valence-electron chi connectivity index (χ3n) is 7.22. The molecule has 2 aromatic carbocycles. The highest BCUT2D eigenvalue weighted by molar-refractivity contribution is 5.85. The molecule has 0 aliphatic carbocycles. The van der Waals surface area contributed by atoms with Crippen LogP contribution < -0.4 is 5.32 Å². The minimum Gasteiger partial charge on any atom is -0.380 e. The molecule has 1 saturated heterocycles. The number of hydrogen-bond acceptors (Lipinski definition) is 3. The van der Waals surface area contributed by atoms with E-state index in [0.29, 0.717) is 42.5 Å². The zero-order valence-electron chi connectivity index (χ0n) is 20.1. The number of aromatic nitrogens is 1. The topological polar surface area (TPSA) is 34.3 Å². The van der Waals surface area contributed by atoms with Crippen molar-refractivity contribution in [2.45, 2.75) is 44.1 Å². The monoisotopic (exact) mass is 528 g/mol. The van der Waals surface area contributed by atoms with Crippen LogP contribution in [0, 0.1) is 17.5 Å². The van der Waals surface area contributed by atoms with Crippen molar-refractivity contribution in [3.8, 4) is 0 Å². The van der Waals surface area contributed by atoms with Gasteiger partial charge in [0.1, 0.15) is 17.5 Å². The summed E-state index contributed by atoms with van der Waals surface area (Å²) in [5.41, 5.74) is 0.948. The van der Waals surface area contributed by atoms with Gasteiger partial charge in [0.05, 0.1) is 25.3 Å². The number of halogens is 7. The summed E-state index contributed by atoms with van der Waals surface area (Å²) >= 11 is 0. The number of aromatic amines is 1. The van der Waals surface area contributed by atoms with E-state index in [2.05, 4.69) is 10.3 Å². The van der Waals surface area contributed by atoms with Gasteiger partial charge in [-0.2, -0.15) is 13.2 Å². The van der Waals surface area contributed by atoms with Crippen molar-refractivity contribution in [3.05, 3.63) is 64.6 Å². The molecule has 4 nitrogen and oxygen atoms in total.